The van der Waals surface area contributed by atoms with Crippen molar-refractivity contribution < 1.29 is 23.0 Å². The van der Waals surface area contributed by atoms with Crippen molar-refractivity contribution in [3.8, 4) is 11.5 Å². The van der Waals surface area contributed by atoms with Crippen molar-refractivity contribution in [3.05, 3.63) is 101 Å². The van der Waals surface area contributed by atoms with Crippen LogP contribution in [0.1, 0.15) is 21.5 Å². The van der Waals surface area contributed by atoms with Crippen LogP contribution < -0.4 is 9.47 Å². The zero-order chi connectivity index (χ0) is 19.9. The van der Waals surface area contributed by atoms with Gasteiger partial charge in [-0.2, -0.15) is 0 Å². The molecule has 28 heavy (non-hydrogen) atoms. The quantitative estimate of drug-likeness (QED) is 0.404. The third kappa shape index (κ3) is 5.04. The molecule has 3 nitrogen and oxygen atoms in total. The Kier molecular flexibility index (Phi) is 6.17. The van der Waals surface area contributed by atoms with Crippen LogP contribution in [0.3, 0.4) is 0 Å². The third-order valence-electron chi connectivity index (χ3n) is 4.07. The van der Waals surface area contributed by atoms with Gasteiger partial charge >= 0.3 is 0 Å². The van der Waals surface area contributed by atoms with Gasteiger partial charge in [-0.25, -0.2) is 8.78 Å². The Hall–Kier alpha value is -3.47. The highest BCUT2D eigenvalue weighted by Gasteiger charge is 2.06. The van der Waals surface area contributed by atoms with E-state index in [2.05, 4.69) is 0 Å². The first kappa shape index (κ1) is 19.3. The summed E-state index contributed by atoms with van der Waals surface area (Å²) >= 11 is 0. The molecular formula is C23H18F2O3. The molecule has 0 aromatic heterocycles. The zero-order valence-electron chi connectivity index (χ0n) is 15.2. The zero-order valence-corrected chi connectivity index (χ0v) is 15.2. The van der Waals surface area contributed by atoms with E-state index in [1.165, 1.54) is 42.5 Å². The second-order valence-corrected chi connectivity index (χ2v) is 6.02. The van der Waals surface area contributed by atoms with Crippen LogP contribution in [0.25, 0.3) is 6.08 Å². The summed E-state index contributed by atoms with van der Waals surface area (Å²) in [4.78, 5) is 12.2. The number of carbonyl (C=O) groups is 1. The number of methoxy groups -OCH3 is 1. The molecule has 0 spiro atoms. The average Bonchev–Trinajstić information content (AvgIpc) is 2.72. The van der Waals surface area contributed by atoms with Crippen LogP contribution in [-0.4, -0.2) is 12.9 Å². The lowest BCUT2D eigenvalue weighted by Gasteiger charge is -2.11. The van der Waals surface area contributed by atoms with Gasteiger partial charge in [0.25, 0.3) is 0 Å². The molecule has 3 rings (SSSR count). The van der Waals surface area contributed by atoms with Gasteiger partial charge in [0, 0.05) is 11.1 Å². The summed E-state index contributed by atoms with van der Waals surface area (Å²) in [5, 5.41) is 0. The smallest absolute Gasteiger partial charge is 0.185 e. The molecule has 3 aromatic rings. The Balaban J connectivity index is 1.73. The molecule has 0 radical (unpaired) electrons. The van der Waals surface area contributed by atoms with Crippen molar-refractivity contribution in [1.82, 2.24) is 0 Å². The van der Waals surface area contributed by atoms with Crippen molar-refractivity contribution >= 4 is 11.9 Å². The predicted molar refractivity (Wildman–Crippen MR) is 103 cm³/mol. The van der Waals surface area contributed by atoms with Gasteiger partial charge in [0.1, 0.15) is 29.7 Å². The van der Waals surface area contributed by atoms with Gasteiger partial charge in [0.05, 0.1) is 7.11 Å². The minimum atomic E-state index is -0.388. The summed E-state index contributed by atoms with van der Waals surface area (Å²) in [7, 11) is 1.56. The van der Waals surface area contributed by atoms with Crippen LogP contribution in [0.5, 0.6) is 11.5 Å². The third-order valence-corrected chi connectivity index (χ3v) is 4.07. The molecule has 0 fully saturated rings. The van der Waals surface area contributed by atoms with Crippen LogP contribution in [0, 0.1) is 11.6 Å². The Morgan fingerprint density at radius 1 is 0.929 bits per heavy atom. The number of hydrogen-bond donors (Lipinski definition) is 0. The summed E-state index contributed by atoms with van der Waals surface area (Å²) in [5.41, 5.74) is 1.98. The van der Waals surface area contributed by atoms with E-state index < -0.39 is 0 Å². The minimum absolute atomic E-state index is 0.222. The fourth-order valence-electron chi connectivity index (χ4n) is 2.59. The van der Waals surface area contributed by atoms with Crippen LogP contribution in [0.15, 0.2) is 72.8 Å². The molecule has 0 aliphatic carbocycles. The fraction of sp³-hybridized carbons (Fsp3) is 0.0870. The SMILES string of the molecule is COc1ccc(/C=C/C(=O)c2ccc(F)cc2)cc1COc1ccc(F)cc1. The van der Waals surface area contributed by atoms with E-state index in [1.807, 2.05) is 12.1 Å². The number of rotatable bonds is 7. The first-order valence-electron chi connectivity index (χ1n) is 8.58. The average molecular weight is 380 g/mol. The van der Waals surface area contributed by atoms with Crippen molar-refractivity contribution in [2.24, 2.45) is 0 Å². The predicted octanol–water partition coefficient (Wildman–Crippen LogP) is 5.45. The maximum atomic E-state index is 13.0. The molecule has 0 heterocycles. The van der Waals surface area contributed by atoms with Crippen LogP contribution in [0.4, 0.5) is 8.78 Å². The van der Waals surface area contributed by atoms with Gasteiger partial charge in [-0.1, -0.05) is 12.1 Å². The molecule has 0 N–H and O–H groups in total. The van der Waals surface area contributed by atoms with E-state index in [0.717, 1.165) is 11.1 Å². The summed E-state index contributed by atoms with van der Waals surface area (Å²) in [6.45, 7) is 0.225. The Bertz CT molecular complexity index is 978. The lowest BCUT2D eigenvalue weighted by atomic mass is 10.1. The van der Waals surface area contributed by atoms with Crippen molar-refractivity contribution in [3.63, 3.8) is 0 Å². The molecule has 0 saturated heterocycles. The molecule has 0 amide bonds. The van der Waals surface area contributed by atoms with Gasteiger partial charge in [-0.3, -0.25) is 4.79 Å². The van der Waals surface area contributed by atoms with Gasteiger partial charge in [0.2, 0.25) is 0 Å². The first-order chi connectivity index (χ1) is 13.5. The highest BCUT2D eigenvalue weighted by atomic mass is 19.1. The normalized spacial score (nSPS) is 10.8. The largest absolute Gasteiger partial charge is 0.496 e. The Labute approximate surface area is 161 Å². The molecule has 5 heteroatoms. The highest BCUT2D eigenvalue weighted by Crippen LogP contribution is 2.23. The number of ether oxygens (including phenoxy) is 2. The van der Waals surface area contributed by atoms with E-state index in [9.17, 15) is 13.6 Å². The van der Waals surface area contributed by atoms with Crippen molar-refractivity contribution in [1.29, 1.82) is 0 Å². The molecule has 0 atom stereocenters. The van der Waals surface area contributed by atoms with Crippen LogP contribution in [0.2, 0.25) is 0 Å². The molecule has 0 unspecified atom stereocenters. The number of carbonyl (C=O) groups excluding carboxylic acids is 1. The molecule has 0 saturated carbocycles. The Morgan fingerprint density at radius 3 is 2.21 bits per heavy atom. The van der Waals surface area contributed by atoms with E-state index in [-0.39, 0.29) is 24.0 Å². The fourth-order valence-corrected chi connectivity index (χ4v) is 2.59. The maximum absolute atomic E-state index is 13.0. The van der Waals surface area contributed by atoms with Gasteiger partial charge in [-0.05, 0) is 72.3 Å². The highest BCUT2D eigenvalue weighted by molar-refractivity contribution is 6.06. The van der Waals surface area contributed by atoms with Gasteiger partial charge < -0.3 is 9.47 Å². The van der Waals surface area contributed by atoms with E-state index in [0.29, 0.717) is 17.1 Å². The summed E-state index contributed by atoms with van der Waals surface area (Å²) < 4.78 is 37.0. The number of hydrogen-bond acceptors (Lipinski definition) is 3. The topological polar surface area (TPSA) is 35.5 Å². The van der Waals surface area contributed by atoms with Gasteiger partial charge in [-0.15, -0.1) is 0 Å². The van der Waals surface area contributed by atoms with Gasteiger partial charge in [0.15, 0.2) is 5.78 Å². The number of halogens is 2. The monoisotopic (exact) mass is 380 g/mol. The van der Waals surface area contributed by atoms with Crippen LogP contribution in [-0.2, 0) is 6.61 Å². The van der Waals surface area contributed by atoms with Crippen molar-refractivity contribution in [2.45, 2.75) is 6.61 Å². The molecular weight excluding hydrogens is 362 g/mol. The summed E-state index contributed by atoms with van der Waals surface area (Å²) in [6.07, 6.45) is 3.10. The second kappa shape index (κ2) is 8.95. The number of ketones is 1. The number of allylic oxidation sites excluding steroid dienone is 1. The second-order valence-electron chi connectivity index (χ2n) is 6.02. The first-order valence-corrected chi connectivity index (χ1v) is 8.58. The molecule has 3 aromatic carbocycles. The summed E-state index contributed by atoms with van der Waals surface area (Å²) in [5.74, 6) is 0.240. The molecule has 0 bridgehead atoms. The van der Waals surface area contributed by atoms with Crippen molar-refractivity contribution in [2.75, 3.05) is 7.11 Å². The standard InChI is InChI=1S/C23H18F2O3/c1-27-23-13-3-16(2-12-22(26)17-4-6-19(24)7-5-17)14-18(23)15-28-21-10-8-20(25)9-11-21/h2-14H,15H2,1H3/b12-2+. The minimum Gasteiger partial charge on any atom is -0.496 e. The lowest BCUT2D eigenvalue weighted by molar-refractivity contribution is 0.104. The van der Waals surface area contributed by atoms with E-state index >= 15 is 0 Å². The lowest BCUT2D eigenvalue weighted by Crippen LogP contribution is -1.99. The Morgan fingerprint density at radius 2 is 1.57 bits per heavy atom. The summed E-state index contributed by atoms with van der Waals surface area (Å²) in [6, 6.07) is 16.6. The maximum Gasteiger partial charge on any atom is 0.185 e. The number of benzene rings is 3. The molecule has 142 valence electrons. The molecule has 0 aliphatic heterocycles. The van der Waals surface area contributed by atoms with Crippen LogP contribution >= 0.6 is 0 Å². The van der Waals surface area contributed by atoms with E-state index in [1.54, 1.807) is 31.4 Å². The van der Waals surface area contributed by atoms with E-state index in [4.69, 9.17) is 9.47 Å². The molecule has 0 aliphatic rings.